The molecule has 11 heteroatoms. The van der Waals surface area contributed by atoms with Crippen LogP contribution in [0.15, 0.2) is 40.4 Å². The number of hydrogen-bond acceptors (Lipinski definition) is 8. The molecule has 1 fully saturated rings. The van der Waals surface area contributed by atoms with Gasteiger partial charge >= 0.3 is 11.7 Å². The van der Waals surface area contributed by atoms with Crippen molar-refractivity contribution in [3.05, 3.63) is 63.3 Å². The lowest BCUT2D eigenvalue weighted by Gasteiger charge is -2.12. The molecule has 0 unspecified atom stereocenters. The summed E-state index contributed by atoms with van der Waals surface area (Å²) < 4.78 is 7.46. The van der Waals surface area contributed by atoms with Crippen molar-refractivity contribution < 1.29 is 9.84 Å². The van der Waals surface area contributed by atoms with Crippen molar-refractivity contribution in [2.24, 2.45) is 4.99 Å². The maximum atomic E-state index is 11.4. The lowest BCUT2D eigenvalue weighted by molar-refractivity contribution is 0.201. The van der Waals surface area contributed by atoms with E-state index in [9.17, 15) is 9.90 Å². The number of aromatic nitrogens is 7. The number of H-pyrrole nitrogens is 2. The molecule has 0 bridgehead atoms. The summed E-state index contributed by atoms with van der Waals surface area (Å²) in [7, 11) is 0. The Hall–Kier alpha value is -4.02. The molecule has 1 aliphatic rings. The van der Waals surface area contributed by atoms with Crippen LogP contribution in [0, 0.1) is 0 Å². The number of ether oxygens (including phenoxy) is 1. The average Bonchev–Trinajstić information content (AvgIpc) is 3.37. The number of aromatic amines is 2. The van der Waals surface area contributed by atoms with Gasteiger partial charge in [0.2, 0.25) is 5.88 Å². The van der Waals surface area contributed by atoms with Crippen LogP contribution in [0.25, 0.3) is 11.7 Å². The third-order valence-corrected chi connectivity index (χ3v) is 4.62. The van der Waals surface area contributed by atoms with Crippen molar-refractivity contribution in [2.75, 3.05) is 0 Å². The van der Waals surface area contributed by atoms with Crippen molar-refractivity contribution in [1.29, 1.82) is 0 Å². The number of imidazole rings is 1. The van der Waals surface area contributed by atoms with Gasteiger partial charge in [-0.1, -0.05) is 6.07 Å². The Labute approximate surface area is 168 Å². The normalized spacial score (nSPS) is 16.3. The minimum absolute atomic E-state index is 0.141. The van der Waals surface area contributed by atoms with Crippen LogP contribution in [0.2, 0.25) is 0 Å². The molecule has 4 aromatic heterocycles. The number of fused-ring (bicyclic) bond motifs is 1. The summed E-state index contributed by atoms with van der Waals surface area (Å²) in [6.07, 6.45) is 6.46. The lowest BCUT2D eigenvalue weighted by atomic mass is 10.2. The van der Waals surface area contributed by atoms with Crippen LogP contribution in [-0.4, -0.2) is 45.7 Å². The highest BCUT2D eigenvalue weighted by Gasteiger charge is 2.21. The summed E-state index contributed by atoms with van der Waals surface area (Å²) in [5, 5.41) is 14.7. The van der Waals surface area contributed by atoms with Crippen molar-refractivity contribution in [2.45, 2.75) is 31.9 Å². The first-order valence-electron chi connectivity index (χ1n) is 9.47. The zero-order valence-electron chi connectivity index (χ0n) is 16.0. The monoisotopic (exact) mass is 406 g/mol. The number of aromatic hydroxyl groups is 1. The van der Waals surface area contributed by atoms with Crippen molar-refractivity contribution in [3.8, 4) is 11.9 Å². The molecule has 5 rings (SSSR count). The zero-order chi connectivity index (χ0) is 20.7. The highest BCUT2D eigenvalue weighted by molar-refractivity contribution is 5.56. The molecule has 4 aromatic rings. The van der Waals surface area contributed by atoms with Gasteiger partial charge in [-0.05, 0) is 38.0 Å². The fourth-order valence-electron chi connectivity index (χ4n) is 2.95. The van der Waals surface area contributed by atoms with Crippen molar-refractivity contribution >= 4 is 11.7 Å². The fraction of sp³-hybridized carbons (Fsp3) is 0.263. The maximum absolute atomic E-state index is 11.4. The van der Waals surface area contributed by atoms with Gasteiger partial charge in [0, 0.05) is 11.4 Å². The zero-order valence-corrected chi connectivity index (χ0v) is 16.0. The summed E-state index contributed by atoms with van der Waals surface area (Å²) in [5.41, 5.74) is 1.28. The van der Waals surface area contributed by atoms with Crippen molar-refractivity contribution in [1.82, 2.24) is 34.5 Å². The third kappa shape index (κ3) is 3.52. The smallest absolute Gasteiger partial charge is 0.326 e. The Balaban J connectivity index is 1.63. The largest absolute Gasteiger partial charge is 0.493 e. The molecular formula is C19H18N8O3. The van der Waals surface area contributed by atoms with Gasteiger partial charge in [0.15, 0.2) is 5.65 Å². The summed E-state index contributed by atoms with van der Waals surface area (Å²) in [5.74, 6) is -0.267. The van der Waals surface area contributed by atoms with Gasteiger partial charge in [-0.2, -0.15) is 19.6 Å². The molecule has 11 nitrogen and oxygen atoms in total. The molecule has 1 aliphatic carbocycles. The second-order valence-electron chi connectivity index (χ2n) is 7.00. The summed E-state index contributed by atoms with van der Waals surface area (Å²) in [6.45, 7) is 1.86. The molecule has 1 atom stereocenters. The number of pyridine rings is 1. The van der Waals surface area contributed by atoms with Crippen LogP contribution in [0.5, 0.6) is 11.9 Å². The molecule has 0 aromatic carbocycles. The van der Waals surface area contributed by atoms with Gasteiger partial charge < -0.3 is 14.8 Å². The van der Waals surface area contributed by atoms with Gasteiger partial charge in [0.05, 0.1) is 17.9 Å². The number of hydrogen-bond donors (Lipinski definition) is 3. The van der Waals surface area contributed by atoms with E-state index in [1.165, 1.54) is 4.52 Å². The third-order valence-electron chi connectivity index (χ3n) is 4.62. The number of nitrogens with one attached hydrogen (secondary N) is 2. The SMILES string of the molecule is C[C@@H](Oc1nc(=NC2CC2)n2nc/c(=C/c3[nH]c(=O)[nH]c3O)c2n1)c1ccccn1. The Morgan fingerprint density at radius 2 is 2.20 bits per heavy atom. The molecule has 0 radical (unpaired) electrons. The number of nitrogens with zero attached hydrogens (tertiary/aromatic N) is 6. The van der Waals surface area contributed by atoms with E-state index in [0.29, 0.717) is 16.5 Å². The van der Waals surface area contributed by atoms with Crippen LogP contribution in [-0.2, 0) is 0 Å². The average molecular weight is 406 g/mol. The molecular weight excluding hydrogens is 388 g/mol. The van der Waals surface area contributed by atoms with E-state index < -0.39 is 5.69 Å². The summed E-state index contributed by atoms with van der Waals surface area (Å²) in [4.78, 5) is 34.0. The molecule has 3 N–H and O–H groups in total. The van der Waals surface area contributed by atoms with E-state index in [-0.39, 0.29) is 29.7 Å². The lowest BCUT2D eigenvalue weighted by Crippen LogP contribution is -2.24. The van der Waals surface area contributed by atoms with Crippen molar-refractivity contribution in [3.63, 3.8) is 0 Å². The van der Waals surface area contributed by atoms with E-state index in [4.69, 9.17) is 4.74 Å². The van der Waals surface area contributed by atoms with Crippen LogP contribution >= 0.6 is 0 Å². The predicted octanol–water partition coefficient (Wildman–Crippen LogP) is -0.00790. The Morgan fingerprint density at radius 1 is 1.33 bits per heavy atom. The molecule has 152 valence electrons. The van der Waals surface area contributed by atoms with Crippen LogP contribution in [0.1, 0.15) is 37.3 Å². The molecule has 0 saturated heterocycles. The van der Waals surface area contributed by atoms with E-state index in [0.717, 1.165) is 18.5 Å². The van der Waals surface area contributed by atoms with E-state index in [2.05, 4.69) is 35.0 Å². The first-order valence-corrected chi connectivity index (χ1v) is 9.47. The Bertz CT molecular complexity index is 1380. The maximum Gasteiger partial charge on any atom is 0.326 e. The van der Waals surface area contributed by atoms with Gasteiger partial charge in [-0.25, -0.2) is 9.79 Å². The number of rotatable bonds is 5. The molecule has 0 amide bonds. The molecule has 4 heterocycles. The quantitative estimate of drug-likeness (QED) is 0.422. The summed E-state index contributed by atoms with van der Waals surface area (Å²) >= 11 is 0. The molecule has 1 saturated carbocycles. The van der Waals surface area contributed by atoms with E-state index >= 15 is 0 Å². The van der Waals surface area contributed by atoms with Crippen LogP contribution in [0.4, 0.5) is 0 Å². The van der Waals surface area contributed by atoms with Crippen LogP contribution < -0.4 is 21.3 Å². The fourth-order valence-corrected chi connectivity index (χ4v) is 2.95. The first kappa shape index (κ1) is 18.0. The Morgan fingerprint density at radius 3 is 2.90 bits per heavy atom. The Kier molecular flexibility index (Phi) is 4.27. The standard InChI is InChI=1S/C19H18N8O3/c1-10(13-4-2-3-7-20-13)30-19-24-15-11(8-14-16(28)25-18(29)23-14)9-21-27(15)17(26-19)22-12-5-6-12/h2-4,7-10,12,28H,5-6H2,1H3,(H2,23,25,29)/b11-8-,22-17?/t10-/m1/s1. The minimum Gasteiger partial charge on any atom is -0.493 e. The molecule has 30 heavy (non-hydrogen) atoms. The van der Waals surface area contributed by atoms with Gasteiger partial charge in [0.25, 0.3) is 5.62 Å². The van der Waals surface area contributed by atoms with Gasteiger partial charge in [0.1, 0.15) is 11.8 Å². The first-order chi connectivity index (χ1) is 14.6. The van der Waals surface area contributed by atoms with Gasteiger partial charge in [-0.3, -0.25) is 9.97 Å². The second kappa shape index (κ2) is 7.10. The highest BCUT2D eigenvalue weighted by atomic mass is 16.5. The van der Waals surface area contributed by atoms with E-state index in [1.807, 2.05) is 25.1 Å². The topological polar surface area (TPSA) is 146 Å². The summed E-state index contributed by atoms with van der Waals surface area (Å²) in [6, 6.07) is 5.93. The second-order valence-corrected chi connectivity index (χ2v) is 7.00. The minimum atomic E-state index is -0.512. The van der Waals surface area contributed by atoms with E-state index in [1.54, 1.807) is 18.5 Å². The predicted molar refractivity (Wildman–Crippen MR) is 105 cm³/mol. The molecule has 0 aliphatic heterocycles. The highest BCUT2D eigenvalue weighted by Crippen LogP contribution is 2.22. The van der Waals surface area contributed by atoms with Gasteiger partial charge in [-0.15, -0.1) is 0 Å². The van der Waals surface area contributed by atoms with Crippen LogP contribution in [0.3, 0.4) is 0 Å². The molecule has 0 spiro atoms.